The van der Waals surface area contributed by atoms with Crippen LogP contribution in [0.2, 0.25) is 0 Å². The summed E-state index contributed by atoms with van der Waals surface area (Å²) in [6.07, 6.45) is 0. The zero-order valence-electron chi connectivity index (χ0n) is 11.7. The van der Waals surface area contributed by atoms with Crippen LogP contribution in [-0.2, 0) is 10.2 Å². The first-order chi connectivity index (χ1) is 9.25. The number of hydrogen-bond donors (Lipinski definition) is 1. The highest BCUT2D eigenvalue weighted by Crippen LogP contribution is 2.36. The number of nitrogens with zero attached hydrogens (tertiary/aromatic N) is 2. The van der Waals surface area contributed by atoms with E-state index in [2.05, 4.69) is 0 Å². The molecule has 1 aliphatic rings. The molecule has 1 unspecified atom stereocenters. The molecule has 20 heavy (non-hydrogen) atoms. The quantitative estimate of drug-likeness (QED) is 0.893. The second kappa shape index (κ2) is 4.64. The molecule has 0 aliphatic carbocycles. The molecule has 1 N–H and O–H groups in total. The van der Waals surface area contributed by atoms with Crippen molar-refractivity contribution < 1.29 is 14.7 Å². The van der Waals surface area contributed by atoms with Crippen molar-refractivity contribution in [2.75, 3.05) is 6.54 Å². The summed E-state index contributed by atoms with van der Waals surface area (Å²) >= 11 is 0. The fourth-order valence-corrected chi connectivity index (χ4v) is 2.34. The van der Waals surface area contributed by atoms with Crippen molar-refractivity contribution in [1.82, 2.24) is 4.90 Å². The SMILES string of the molecule is CC(C)(C)c1ccc2c(c1)C(C#N)N(CC(=O)O)C2=O. The molecular formula is C15H16N2O3. The lowest BCUT2D eigenvalue weighted by Gasteiger charge is -2.20. The van der Waals surface area contributed by atoms with Crippen molar-refractivity contribution in [1.29, 1.82) is 5.26 Å². The van der Waals surface area contributed by atoms with Crippen LogP contribution >= 0.6 is 0 Å². The fourth-order valence-electron chi connectivity index (χ4n) is 2.34. The average molecular weight is 272 g/mol. The van der Waals surface area contributed by atoms with Crippen molar-refractivity contribution in [3.05, 3.63) is 34.9 Å². The molecule has 0 radical (unpaired) electrons. The average Bonchev–Trinajstić information content (AvgIpc) is 2.60. The Morgan fingerprint density at radius 2 is 2.10 bits per heavy atom. The number of fused-ring (bicyclic) bond motifs is 1. The standard InChI is InChI=1S/C15H16N2O3/c1-15(2,3)9-4-5-10-11(6-9)12(7-16)17(14(10)20)8-13(18)19/h4-6,12H,8H2,1-3H3,(H,18,19). The number of amides is 1. The highest BCUT2D eigenvalue weighted by atomic mass is 16.4. The Morgan fingerprint density at radius 3 is 2.60 bits per heavy atom. The summed E-state index contributed by atoms with van der Waals surface area (Å²) in [5, 5.41) is 18.1. The maximum Gasteiger partial charge on any atom is 0.323 e. The number of rotatable bonds is 2. The van der Waals surface area contributed by atoms with Crippen LogP contribution in [0.5, 0.6) is 0 Å². The van der Waals surface area contributed by atoms with Crippen LogP contribution in [0.1, 0.15) is 48.3 Å². The number of benzene rings is 1. The Bertz CT molecular complexity index is 623. The van der Waals surface area contributed by atoms with E-state index in [1.807, 2.05) is 39.0 Å². The van der Waals surface area contributed by atoms with Crippen molar-refractivity contribution in [3.8, 4) is 6.07 Å². The van der Waals surface area contributed by atoms with Gasteiger partial charge in [0.05, 0.1) is 6.07 Å². The van der Waals surface area contributed by atoms with Gasteiger partial charge in [0.15, 0.2) is 0 Å². The topological polar surface area (TPSA) is 81.4 Å². The van der Waals surface area contributed by atoms with Crippen LogP contribution in [0.4, 0.5) is 0 Å². The zero-order chi connectivity index (χ0) is 15.1. The molecule has 0 bridgehead atoms. The van der Waals surface area contributed by atoms with Crippen LogP contribution in [0.25, 0.3) is 0 Å². The van der Waals surface area contributed by atoms with Gasteiger partial charge in [-0.25, -0.2) is 0 Å². The van der Waals surface area contributed by atoms with E-state index in [4.69, 9.17) is 5.11 Å². The zero-order valence-corrected chi connectivity index (χ0v) is 11.7. The molecule has 0 fully saturated rings. The monoisotopic (exact) mass is 272 g/mol. The smallest absolute Gasteiger partial charge is 0.323 e. The van der Waals surface area contributed by atoms with E-state index < -0.39 is 24.5 Å². The van der Waals surface area contributed by atoms with Crippen molar-refractivity contribution in [2.45, 2.75) is 32.2 Å². The lowest BCUT2D eigenvalue weighted by atomic mass is 9.85. The Morgan fingerprint density at radius 1 is 1.45 bits per heavy atom. The van der Waals surface area contributed by atoms with E-state index in [1.54, 1.807) is 6.07 Å². The van der Waals surface area contributed by atoms with Gasteiger partial charge in [0.25, 0.3) is 5.91 Å². The number of carbonyl (C=O) groups is 2. The minimum absolute atomic E-state index is 0.0989. The molecule has 5 heteroatoms. The van der Waals surface area contributed by atoms with E-state index in [0.29, 0.717) is 11.1 Å². The molecule has 1 amide bonds. The van der Waals surface area contributed by atoms with E-state index in [-0.39, 0.29) is 5.41 Å². The van der Waals surface area contributed by atoms with Gasteiger partial charge >= 0.3 is 5.97 Å². The summed E-state index contributed by atoms with van der Waals surface area (Å²) in [6, 6.07) is 6.58. The first-order valence-corrected chi connectivity index (χ1v) is 6.32. The van der Waals surface area contributed by atoms with Crippen LogP contribution in [0, 0.1) is 11.3 Å². The second-order valence-corrected chi connectivity index (χ2v) is 5.91. The van der Waals surface area contributed by atoms with Gasteiger partial charge in [-0.3, -0.25) is 9.59 Å². The van der Waals surface area contributed by atoms with Gasteiger partial charge in [-0.15, -0.1) is 0 Å². The third kappa shape index (κ3) is 2.25. The third-order valence-electron chi connectivity index (χ3n) is 3.44. The largest absolute Gasteiger partial charge is 0.480 e. The summed E-state index contributed by atoms with van der Waals surface area (Å²) in [4.78, 5) is 24.1. The van der Waals surface area contributed by atoms with Gasteiger partial charge in [-0.05, 0) is 17.0 Å². The molecule has 1 aromatic carbocycles. The van der Waals surface area contributed by atoms with Gasteiger partial charge in [0, 0.05) is 11.1 Å². The minimum atomic E-state index is -1.12. The number of aliphatic carboxylic acids is 1. The Labute approximate surface area is 117 Å². The molecule has 0 aromatic heterocycles. The predicted molar refractivity (Wildman–Crippen MR) is 72.2 cm³/mol. The molecule has 104 valence electrons. The molecule has 1 atom stereocenters. The highest BCUT2D eigenvalue weighted by Gasteiger charge is 2.38. The molecule has 0 spiro atoms. The lowest BCUT2D eigenvalue weighted by molar-refractivity contribution is -0.137. The van der Waals surface area contributed by atoms with Gasteiger partial charge in [-0.2, -0.15) is 5.26 Å². The van der Waals surface area contributed by atoms with Crippen molar-refractivity contribution in [3.63, 3.8) is 0 Å². The molecule has 1 aromatic rings. The van der Waals surface area contributed by atoms with Gasteiger partial charge < -0.3 is 10.0 Å². The van der Waals surface area contributed by atoms with E-state index >= 15 is 0 Å². The summed E-state index contributed by atoms with van der Waals surface area (Å²) in [6.45, 7) is 5.67. The Hall–Kier alpha value is -2.35. The number of hydrogen-bond acceptors (Lipinski definition) is 3. The van der Waals surface area contributed by atoms with E-state index in [0.717, 1.165) is 10.5 Å². The summed E-state index contributed by atoms with van der Waals surface area (Å²) in [5.41, 5.74) is 1.94. The normalized spacial score (nSPS) is 17.8. The molecule has 1 heterocycles. The molecule has 0 saturated carbocycles. The minimum Gasteiger partial charge on any atom is -0.480 e. The summed E-state index contributed by atoms with van der Waals surface area (Å²) < 4.78 is 0. The number of carboxylic acid groups (broad SMARTS) is 1. The Balaban J connectivity index is 2.50. The van der Waals surface area contributed by atoms with Gasteiger partial charge in [-0.1, -0.05) is 32.9 Å². The van der Waals surface area contributed by atoms with Gasteiger partial charge in [0.2, 0.25) is 0 Å². The number of nitriles is 1. The van der Waals surface area contributed by atoms with Crippen LogP contribution in [0.3, 0.4) is 0 Å². The molecule has 0 saturated heterocycles. The fraction of sp³-hybridized carbons (Fsp3) is 0.400. The summed E-state index contributed by atoms with van der Waals surface area (Å²) in [7, 11) is 0. The molecule has 5 nitrogen and oxygen atoms in total. The third-order valence-corrected chi connectivity index (χ3v) is 3.44. The number of carboxylic acids is 1. The second-order valence-electron chi connectivity index (χ2n) is 5.91. The molecule has 1 aliphatic heterocycles. The van der Waals surface area contributed by atoms with Crippen LogP contribution < -0.4 is 0 Å². The lowest BCUT2D eigenvalue weighted by Crippen LogP contribution is -2.32. The highest BCUT2D eigenvalue weighted by molar-refractivity contribution is 6.01. The van der Waals surface area contributed by atoms with Gasteiger partial charge in [0.1, 0.15) is 12.6 Å². The Kier molecular flexibility index (Phi) is 3.26. The summed E-state index contributed by atoms with van der Waals surface area (Å²) in [5.74, 6) is -1.52. The maximum atomic E-state index is 12.2. The first kappa shape index (κ1) is 14.1. The number of carbonyl (C=O) groups excluding carboxylic acids is 1. The van der Waals surface area contributed by atoms with E-state index in [9.17, 15) is 14.9 Å². The van der Waals surface area contributed by atoms with Crippen molar-refractivity contribution >= 4 is 11.9 Å². The molecular weight excluding hydrogens is 256 g/mol. The van der Waals surface area contributed by atoms with Crippen LogP contribution in [0.15, 0.2) is 18.2 Å². The predicted octanol–water partition coefficient (Wildman–Crippen LogP) is 2.09. The molecule has 2 rings (SSSR count). The maximum absolute atomic E-state index is 12.2. The van der Waals surface area contributed by atoms with Crippen molar-refractivity contribution in [2.24, 2.45) is 0 Å². The van der Waals surface area contributed by atoms with E-state index in [1.165, 1.54) is 0 Å². The first-order valence-electron chi connectivity index (χ1n) is 6.32. The van der Waals surface area contributed by atoms with Crippen LogP contribution in [-0.4, -0.2) is 28.4 Å².